The Kier molecular flexibility index (Phi) is 2.93. The molecule has 0 fully saturated rings. The van der Waals surface area contributed by atoms with Crippen LogP contribution in [-0.4, -0.2) is 29.2 Å². The lowest BCUT2D eigenvalue weighted by atomic mass is 10.2. The number of nitrogens with zero attached hydrogens (tertiary/aromatic N) is 1. The molecule has 0 aromatic rings. The van der Waals surface area contributed by atoms with Crippen LogP contribution in [0.4, 0.5) is 0 Å². The first-order valence-electron chi connectivity index (χ1n) is 4.60. The molecule has 0 spiro atoms. The number of carbonyl (C=O) groups excluding carboxylic acids is 3. The van der Waals surface area contributed by atoms with Gasteiger partial charge in [-0.25, -0.2) is 0 Å². The Morgan fingerprint density at radius 2 is 1.67 bits per heavy atom. The van der Waals surface area contributed by atoms with Crippen LogP contribution in [0.2, 0.25) is 0 Å². The molecule has 0 aromatic carbocycles. The third kappa shape index (κ3) is 1.91. The molecular weight excluding hydrogens is 198 g/mol. The van der Waals surface area contributed by atoms with Crippen LogP contribution in [0.1, 0.15) is 20.8 Å². The van der Waals surface area contributed by atoms with E-state index in [1.807, 2.05) is 0 Å². The van der Waals surface area contributed by atoms with E-state index in [1.54, 1.807) is 13.8 Å². The van der Waals surface area contributed by atoms with Gasteiger partial charge in [0.2, 0.25) is 0 Å². The van der Waals surface area contributed by atoms with Gasteiger partial charge in [-0.1, -0.05) is 6.92 Å². The molecule has 0 aromatic heterocycles. The highest BCUT2D eigenvalue weighted by Gasteiger charge is 2.33. The molecule has 5 nitrogen and oxygen atoms in total. The Balaban J connectivity index is 2.81. The third-order valence-electron chi connectivity index (χ3n) is 2.55. The smallest absolute Gasteiger partial charge is 0.256 e. The van der Waals surface area contributed by atoms with Crippen LogP contribution in [-0.2, 0) is 14.4 Å². The van der Waals surface area contributed by atoms with Crippen molar-refractivity contribution in [3.05, 3.63) is 11.1 Å². The number of amides is 2. The predicted molar refractivity (Wildman–Crippen MR) is 49.3 cm³/mol. The van der Waals surface area contributed by atoms with Crippen molar-refractivity contribution in [3.63, 3.8) is 0 Å². The van der Waals surface area contributed by atoms with Crippen molar-refractivity contribution in [2.75, 3.05) is 6.54 Å². The molecule has 0 saturated carbocycles. The average molecular weight is 210 g/mol. The van der Waals surface area contributed by atoms with Crippen LogP contribution in [0.15, 0.2) is 11.1 Å². The summed E-state index contributed by atoms with van der Waals surface area (Å²) in [6, 6.07) is 0. The Hall–Kier alpha value is -1.65. The molecule has 0 aliphatic carbocycles. The lowest BCUT2D eigenvalue weighted by Gasteiger charge is -2.20. The van der Waals surface area contributed by atoms with Crippen molar-refractivity contribution in [3.8, 4) is 0 Å². The van der Waals surface area contributed by atoms with Crippen molar-refractivity contribution in [2.45, 2.75) is 20.8 Å². The van der Waals surface area contributed by atoms with E-state index < -0.39 is 23.7 Å². The fourth-order valence-corrected chi connectivity index (χ4v) is 1.33. The molecule has 0 bridgehead atoms. The maximum atomic E-state index is 11.5. The molecular formula is C10H12NO4-. The largest absolute Gasteiger partial charge is 0.550 e. The molecule has 1 rings (SSSR count). The van der Waals surface area contributed by atoms with Gasteiger partial charge in [-0.3, -0.25) is 14.5 Å². The third-order valence-corrected chi connectivity index (χ3v) is 2.55. The first-order chi connectivity index (χ1) is 6.86. The minimum Gasteiger partial charge on any atom is -0.550 e. The van der Waals surface area contributed by atoms with Crippen LogP contribution in [0.3, 0.4) is 0 Å². The molecule has 0 saturated heterocycles. The van der Waals surface area contributed by atoms with Crippen LogP contribution >= 0.6 is 0 Å². The summed E-state index contributed by atoms with van der Waals surface area (Å²) < 4.78 is 0. The molecule has 1 atom stereocenters. The summed E-state index contributed by atoms with van der Waals surface area (Å²) in [6.45, 7) is 4.38. The van der Waals surface area contributed by atoms with Gasteiger partial charge < -0.3 is 9.90 Å². The summed E-state index contributed by atoms with van der Waals surface area (Å²) in [5.74, 6) is -2.94. The van der Waals surface area contributed by atoms with Crippen molar-refractivity contribution in [1.82, 2.24) is 4.90 Å². The van der Waals surface area contributed by atoms with Crippen molar-refractivity contribution in [2.24, 2.45) is 5.92 Å². The summed E-state index contributed by atoms with van der Waals surface area (Å²) in [5, 5.41) is 10.5. The Morgan fingerprint density at radius 1 is 1.27 bits per heavy atom. The zero-order valence-electron chi connectivity index (χ0n) is 8.86. The number of carboxylic acids is 1. The monoisotopic (exact) mass is 210 g/mol. The Bertz CT molecular complexity index is 346. The van der Waals surface area contributed by atoms with E-state index in [0.717, 1.165) is 4.90 Å². The van der Waals surface area contributed by atoms with Crippen LogP contribution in [0, 0.1) is 5.92 Å². The Morgan fingerprint density at radius 3 is 2.00 bits per heavy atom. The quantitative estimate of drug-likeness (QED) is 0.564. The standard InChI is InChI=1S/C10H13NO4/c1-5(10(14)15)4-11-8(12)6(2)7(3)9(11)13/h5H,4H2,1-3H3,(H,14,15)/p-1. The first-order valence-corrected chi connectivity index (χ1v) is 4.60. The van der Waals surface area contributed by atoms with E-state index in [2.05, 4.69) is 0 Å². The summed E-state index contributed by atoms with van der Waals surface area (Å²) >= 11 is 0. The molecule has 15 heavy (non-hydrogen) atoms. The molecule has 1 aliphatic rings. The predicted octanol–water partition coefficient (Wildman–Crippen LogP) is -0.922. The number of carbonyl (C=O) groups is 3. The second kappa shape index (κ2) is 3.84. The van der Waals surface area contributed by atoms with Crippen molar-refractivity contribution in [1.29, 1.82) is 0 Å². The van der Waals surface area contributed by atoms with E-state index in [1.165, 1.54) is 6.92 Å². The van der Waals surface area contributed by atoms with Gasteiger partial charge >= 0.3 is 0 Å². The molecule has 0 N–H and O–H groups in total. The van der Waals surface area contributed by atoms with Crippen molar-refractivity contribution < 1.29 is 19.5 Å². The van der Waals surface area contributed by atoms with Gasteiger partial charge in [-0.2, -0.15) is 0 Å². The molecule has 1 aliphatic heterocycles. The molecule has 5 heteroatoms. The van der Waals surface area contributed by atoms with Gasteiger partial charge in [0.25, 0.3) is 11.8 Å². The highest BCUT2D eigenvalue weighted by molar-refractivity contribution is 6.18. The molecule has 1 unspecified atom stereocenters. The Labute approximate surface area is 87.4 Å². The average Bonchev–Trinajstić information content (AvgIpc) is 2.35. The zero-order valence-corrected chi connectivity index (χ0v) is 8.86. The first kappa shape index (κ1) is 11.4. The fraction of sp³-hybridized carbons (Fsp3) is 0.500. The second-order valence-corrected chi connectivity index (χ2v) is 3.69. The van der Waals surface area contributed by atoms with E-state index in [9.17, 15) is 19.5 Å². The van der Waals surface area contributed by atoms with Crippen LogP contribution in [0.25, 0.3) is 0 Å². The number of rotatable bonds is 3. The van der Waals surface area contributed by atoms with E-state index in [0.29, 0.717) is 11.1 Å². The lowest BCUT2D eigenvalue weighted by Crippen LogP contribution is -2.41. The normalized spacial score (nSPS) is 18.7. The fourth-order valence-electron chi connectivity index (χ4n) is 1.33. The summed E-state index contributed by atoms with van der Waals surface area (Å²) in [6.07, 6.45) is 0. The van der Waals surface area contributed by atoms with Crippen LogP contribution in [0.5, 0.6) is 0 Å². The van der Waals surface area contributed by atoms with E-state index in [4.69, 9.17) is 0 Å². The topological polar surface area (TPSA) is 77.5 Å². The lowest BCUT2D eigenvalue weighted by molar-refractivity contribution is -0.311. The van der Waals surface area contributed by atoms with Gasteiger partial charge in [0.1, 0.15) is 0 Å². The maximum absolute atomic E-state index is 11.5. The number of hydrogen-bond acceptors (Lipinski definition) is 4. The van der Waals surface area contributed by atoms with Gasteiger partial charge in [-0.05, 0) is 13.8 Å². The number of carboxylic acid groups (broad SMARTS) is 1. The summed E-state index contributed by atoms with van der Waals surface area (Å²) in [7, 11) is 0. The second-order valence-electron chi connectivity index (χ2n) is 3.69. The molecule has 0 radical (unpaired) electrons. The van der Waals surface area contributed by atoms with Crippen LogP contribution < -0.4 is 5.11 Å². The minimum atomic E-state index is -1.27. The minimum absolute atomic E-state index is 0.130. The van der Waals surface area contributed by atoms with E-state index >= 15 is 0 Å². The van der Waals surface area contributed by atoms with Gasteiger partial charge in [-0.15, -0.1) is 0 Å². The van der Waals surface area contributed by atoms with Gasteiger partial charge in [0.15, 0.2) is 0 Å². The highest BCUT2D eigenvalue weighted by Crippen LogP contribution is 2.20. The number of hydrogen-bond donors (Lipinski definition) is 0. The molecule has 2 amide bonds. The van der Waals surface area contributed by atoms with Crippen molar-refractivity contribution >= 4 is 17.8 Å². The SMILES string of the molecule is CC1=C(C)C(=O)N(CC(C)C(=O)[O-])C1=O. The van der Waals surface area contributed by atoms with Gasteiger partial charge in [0, 0.05) is 29.6 Å². The summed E-state index contributed by atoms with van der Waals surface area (Å²) in [5.41, 5.74) is 0.760. The van der Waals surface area contributed by atoms with E-state index in [-0.39, 0.29) is 6.54 Å². The highest BCUT2D eigenvalue weighted by atomic mass is 16.4. The molecule has 1 heterocycles. The molecule has 82 valence electrons. The number of imide groups is 1. The van der Waals surface area contributed by atoms with Gasteiger partial charge in [0.05, 0.1) is 0 Å². The zero-order chi connectivity index (χ0) is 11.7. The maximum Gasteiger partial charge on any atom is 0.256 e. The number of aliphatic carboxylic acids is 1. The summed E-state index contributed by atoms with van der Waals surface area (Å²) in [4.78, 5) is 34.5.